The molecule has 2 aromatic carbocycles. The highest BCUT2D eigenvalue weighted by molar-refractivity contribution is 7.76. The van der Waals surface area contributed by atoms with Crippen molar-refractivity contribution < 1.29 is 0 Å². The lowest BCUT2D eigenvalue weighted by Crippen LogP contribution is -2.14. The van der Waals surface area contributed by atoms with Crippen molar-refractivity contribution in [1.29, 1.82) is 0 Å². The summed E-state index contributed by atoms with van der Waals surface area (Å²) in [6.07, 6.45) is 4.01. The van der Waals surface area contributed by atoms with Crippen LogP contribution in [-0.4, -0.2) is 9.97 Å². The molecule has 2 nitrogen and oxygen atoms in total. The molecule has 0 saturated carbocycles. The van der Waals surface area contributed by atoms with E-state index in [4.69, 9.17) is 0 Å². The van der Waals surface area contributed by atoms with Crippen LogP contribution in [-0.2, 0) is 0 Å². The standard InChI is InChI=1S/C23H21N2P/c1-18(26(21-14-8-16-24-21)22-15-9-17-25-22)23(19-10-4-2-5-11-19)20-12-6-3-7-13-20/h2-17,24-25H,1H3. The van der Waals surface area contributed by atoms with Gasteiger partial charge in [0.1, 0.15) is 0 Å². The second kappa shape index (κ2) is 7.59. The highest BCUT2D eigenvalue weighted by Gasteiger charge is 2.22. The van der Waals surface area contributed by atoms with Crippen LogP contribution in [0.15, 0.2) is 103 Å². The number of nitrogens with one attached hydrogen (secondary N) is 2. The van der Waals surface area contributed by atoms with E-state index in [9.17, 15) is 0 Å². The first-order valence-electron chi connectivity index (χ1n) is 8.73. The molecule has 0 amide bonds. The molecule has 0 aliphatic rings. The highest BCUT2D eigenvalue weighted by atomic mass is 31.1. The first-order valence-corrected chi connectivity index (χ1v) is 10.1. The molecule has 2 N–H and O–H groups in total. The van der Waals surface area contributed by atoms with Crippen molar-refractivity contribution in [2.75, 3.05) is 0 Å². The summed E-state index contributed by atoms with van der Waals surface area (Å²) in [5.41, 5.74) is 6.32. The normalized spacial score (nSPS) is 10.8. The maximum Gasteiger partial charge on any atom is 0.0487 e. The first kappa shape index (κ1) is 16.6. The van der Waals surface area contributed by atoms with Gasteiger partial charge in [0.2, 0.25) is 0 Å². The summed E-state index contributed by atoms with van der Waals surface area (Å²) in [6.45, 7) is 2.27. The maximum atomic E-state index is 3.44. The van der Waals surface area contributed by atoms with Crippen LogP contribution >= 0.6 is 7.92 Å². The Bertz CT molecular complexity index is 894. The van der Waals surface area contributed by atoms with Crippen molar-refractivity contribution in [3.63, 3.8) is 0 Å². The minimum absolute atomic E-state index is 0.656. The Morgan fingerprint density at radius 1 is 0.615 bits per heavy atom. The molecule has 0 aliphatic heterocycles. The van der Waals surface area contributed by atoms with E-state index in [0.717, 1.165) is 0 Å². The Morgan fingerprint density at radius 3 is 1.46 bits per heavy atom. The predicted molar refractivity (Wildman–Crippen MR) is 112 cm³/mol. The molecular formula is C23H21N2P. The van der Waals surface area contributed by atoms with Crippen LogP contribution in [0.4, 0.5) is 0 Å². The van der Waals surface area contributed by atoms with Gasteiger partial charge in [-0.3, -0.25) is 0 Å². The zero-order valence-electron chi connectivity index (χ0n) is 14.7. The molecule has 2 aromatic heterocycles. The molecule has 0 spiro atoms. The third-order valence-corrected chi connectivity index (χ3v) is 6.88. The smallest absolute Gasteiger partial charge is 0.0487 e. The van der Waals surface area contributed by atoms with Crippen molar-refractivity contribution in [2.24, 2.45) is 0 Å². The first-order chi connectivity index (χ1) is 12.8. The molecule has 0 bridgehead atoms. The minimum Gasteiger partial charge on any atom is -0.361 e. The van der Waals surface area contributed by atoms with E-state index in [1.165, 1.54) is 32.9 Å². The van der Waals surface area contributed by atoms with E-state index < -0.39 is 7.92 Å². The van der Waals surface area contributed by atoms with Gasteiger partial charge >= 0.3 is 0 Å². The van der Waals surface area contributed by atoms with Gasteiger partial charge in [-0.15, -0.1) is 0 Å². The quantitative estimate of drug-likeness (QED) is 0.458. The molecule has 0 saturated heterocycles. The molecule has 4 aromatic rings. The highest BCUT2D eigenvalue weighted by Crippen LogP contribution is 2.47. The molecule has 0 atom stereocenters. The summed E-state index contributed by atoms with van der Waals surface area (Å²) in [6, 6.07) is 29.9. The lowest BCUT2D eigenvalue weighted by molar-refractivity contribution is 1.44. The summed E-state index contributed by atoms with van der Waals surface area (Å²) in [5.74, 6) is 0. The number of aromatic amines is 2. The topological polar surface area (TPSA) is 31.6 Å². The van der Waals surface area contributed by atoms with Crippen molar-refractivity contribution in [3.8, 4) is 0 Å². The Morgan fingerprint density at radius 2 is 1.08 bits per heavy atom. The fourth-order valence-electron chi connectivity index (χ4n) is 3.32. The van der Waals surface area contributed by atoms with Crippen LogP contribution in [0.1, 0.15) is 18.1 Å². The number of rotatable bonds is 5. The maximum absolute atomic E-state index is 3.44. The molecular weight excluding hydrogens is 335 g/mol. The fraction of sp³-hybridized carbons (Fsp3) is 0.0435. The molecule has 0 unspecified atom stereocenters. The third-order valence-electron chi connectivity index (χ3n) is 4.47. The van der Waals surface area contributed by atoms with Gasteiger partial charge in [-0.2, -0.15) is 0 Å². The van der Waals surface area contributed by atoms with E-state index in [0.29, 0.717) is 0 Å². The average molecular weight is 356 g/mol. The summed E-state index contributed by atoms with van der Waals surface area (Å²) in [4.78, 5) is 6.88. The largest absolute Gasteiger partial charge is 0.361 e. The van der Waals surface area contributed by atoms with Gasteiger partial charge < -0.3 is 9.97 Å². The van der Waals surface area contributed by atoms with Crippen molar-refractivity contribution in [1.82, 2.24) is 9.97 Å². The van der Waals surface area contributed by atoms with Crippen LogP contribution < -0.4 is 10.9 Å². The lowest BCUT2D eigenvalue weighted by Gasteiger charge is -2.21. The number of benzene rings is 2. The van der Waals surface area contributed by atoms with Crippen LogP contribution in [0.3, 0.4) is 0 Å². The van der Waals surface area contributed by atoms with E-state index in [-0.39, 0.29) is 0 Å². The van der Waals surface area contributed by atoms with Crippen LogP contribution in [0, 0.1) is 0 Å². The number of allylic oxidation sites excluding steroid dienone is 1. The second-order valence-corrected chi connectivity index (χ2v) is 8.44. The van der Waals surface area contributed by atoms with E-state index in [2.05, 4.69) is 102 Å². The number of H-pyrrole nitrogens is 2. The van der Waals surface area contributed by atoms with E-state index >= 15 is 0 Å². The SMILES string of the molecule is CC(=C(c1ccccc1)c1ccccc1)P(c1ccc[nH]1)c1ccc[nH]1. The molecule has 0 fully saturated rings. The van der Waals surface area contributed by atoms with Gasteiger partial charge in [-0.05, 0) is 53.2 Å². The van der Waals surface area contributed by atoms with Gasteiger partial charge in [0, 0.05) is 31.2 Å². The minimum atomic E-state index is -0.656. The van der Waals surface area contributed by atoms with Crippen LogP contribution in [0.25, 0.3) is 5.57 Å². The molecule has 4 rings (SSSR count). The zero-order valence-corrected chi connectivity index (χ0v) is 15.6. The summed E-state index contributed by atoms with van der Waals surface area (Å²) in [5, 5.41) is 1.38. The van der Waals surface area contributed by atoms with Crippen LogP contribution in [0.2, 0.25) is 0 Å². The summed E-state index contributed by atoms with van der Waals surface area (Å²) >= 11 is 0. The Labute approximate surface area is 155 Å². The van der Waals surface area contributed by atoms with E-state index in [1.807, 2.05) is 12.4 Å². The van der Waals surface area contributed by atoms with Crippen molar-refractivity contribution >= 4 is 24.4 Å². The van der Waals surface area contributed by atoms with Gasteiger partial charge in [-0.25, -0.2) is 0 Å². The molecule has 3 heteroatoms. The third kappa shape index (κ3) is 3.29. The van der Waals surface area contributed by atoms with Gasteiger partial charge in [-0.1, -0.05) is 60.7 Å². The van der Waals surface area contributed by atoms with E-state index in [1.54, 1.807) is 0 Å². The Balaban J connectivity index is 1.95. The molecule has 26 heavy (non-hydrogen) atoms. The zero-order chi connectivity index (χ0) is 17.8. The summed E-state index contributed by atoms with van der Waals surface area (Å²) < 4.78 is 0. The Hall–Kier alpha value is -2.83. The predicted octanol–water partition coefficient (Wildman–Crippen LogP) is 5.26. The lowest BCUT2D eigenvalue weighted by atomic mass is 9.98. The monoisotopic (exact) mass is 356 g/mol. The van der Waals surface area contributed by atoms with Gasteiger partial charge in [0.05, 0.1) is 0 Å². The van der Waals surface area contributed by atoms with Gasteiger partial charge in [0.15, 0.2) is 0 Å². The fourth-order valence-corrected chi connectivity index (χ4v) is 5.66. The molecule has 0 radical (unpaired) electrons. The summed E-state index contributed by atoms with van der Waals surface area (Å²) in [7, 11) is -0.656. The van der Waals surface area contributed by atoms with Crippen LogP contribution in [0.5, 0.6) is 0 Å². The second-order valence-electron chi connectivity index (χ2n) is 6.14. The van der Waals surface area contributed by atoms with Crippen molar-refractivity contribution in [3.05, 3.63) is 114 Å². The Kier molecular flexibility index (Phi) is 4.86. The molecule has 2 heterocycles. The van der Waals surface area contributed by atoms with Crippen molar-refractivity contribution in [2.45, 2.75) is 6.92 Å². The molecule has 128 valence electrons. The average Bonchev–Trinajstić information content (AvgIpc) is 3.39. The number of hydrogen-bond donors (Lipinski definition) is 2. The molecule has 0 aliphatic carbocycles. The van der Waals surface area contributed by atoms with Gasteiger partial charge in [0.25, 0.3) is 0 Å². The number of hydrogen-bond acceptors (Lipinski definition) is 0. The number of aromatic nitrogens is 2.